The van der Waals surface area contributed by atoms with Crippen LogP contribution in [0.5, 0.6) is 11.5 Å². The van der Waals surface area contributed by atoms with E-state index in [4.69, 9.17) is 9.47 Å². The van der Waals surface area contributed by atoms with E-state index in [9.17, 15) is 13.2 Å². The molecule has 3 aliphatic rings. The van der Waals surface area contributed by atoms with Gasteiger partial charge in [0, 0.05) is 31.5 Å². The van der Waals surface area contributed by atoms with Crippen LogP contribution in [-0.4, -0.2) is 44.4 Å². The van der Waals surface area contributed by atoms with E-state index in [-0.39, 0.29) is 28.9 Å². The van der Waals surface area contributed by atoms with E-state index < -0.39 is 10.0 Å². The first-order valence-corrected chi connectivity index (χ1v) is 14.6. The number of nitrogens with zero attached hydrogens (tertiary/aromatic N) is 1. The summed E-state index contributed by atoms with van der Waals surface area (Å²) in [6.45, 7) is 1.11. The summed E-state index contributed by atoms with van der Waals surface area (Å²) in [4.78, 5) is 13.4. The third kappa shape index (κ3) is 5.11. The second kappa shape index (κ2) is 10.4. The maximum absolute atomic E-state index is 13.1. The molecule has 1 saturated carbocycles. The highest BCUT2D eigenvalue weighted by Gasteiger charge is 2.42. The van der Waals surface area contributed by atoms with Gasteiger partial charge in [0.25, 0.3) is 0 Å². The highest BCUT2D eigenvalue weighted by Crippen LogP contribution is 2.46. The number of aryl methyl sites for hydroxylation is 1. The van der Waals surface area contributed by atoms with Crippen molar-refractivity contribution >= 4 is 15.9 Å². The molecule has 1 amide bonds. The van der Waals surface area contributed by atoms with E-state index in [1.807, 2.05) is 24.3 Å². The Labute approximate surface area is 214 Å². The van der Waals surface area contributed by atoms with Gasteiger partial charge in [0.1, 0.15) is 17.1 Å². The van der Waals surface area contributed by atoms with Crippen LogP contribution >= 0.6 is 0 Å². The highest BCUT2D eigenvalue weighted by atomic mass is 32.2. The molecule has 0 bridgehead atoms. The molecule has 0 aromatic heterocycles. The molecule has 2 fully saturated rings. The number of carbonyl (C=O) groups is 1. The smallest absolute Gasteiger partial charge is 0.243 e. The molecule has 1 saturated heterocycles. The molecule has 2 aromatic carbocycles. The topological polar surface area (TPSA) is 84.9 Å². The minimum absolute atomic E-state index is 0.0579. The number of fused-ring (bicyclic) bond motifs is 1. The van der Waals surface area contributed by atoms with Crippen molar-refractivity contribution in [3.8, 4) is 11.5 Å². The van der Waals surface area contributed by atoms with E-state index in [2.05, 4.69) is 5.32 Å². The molecule has 194 valence electrons. The van der Waals surface area contributed by atoms with Gasteiger partial charge in [-0.3, -0.25) is 4.79 Å². The molecule has 7 nitrogen and oxygen atoms in total. The summed E-state index contributed by atoms with van der Waals surface area (Å²) in [6, 6.07) is 12.9. The predicted molar refractivity (Wildman–Crippen MR) is 138 cm³/mol. The minimum Gasteiger partial charge on any atom is -0.496 e. The zero-order valence-electron chi connectivity index (χ0n) is 21.0. The lowest BCUT2D eigenvalue weighted by molar-refractivity contribution is -0.122. The van der Waals surface area contributed by atoms with Crippen molar-refractivity contribution in [2.24, 2.45) is 0 Å². The molecule has 36 heavy (non-hydrogen) atoms. The lowest BCUT2D eigenvalue weighted by Gasteiger charge is -2.44. The Morgan fingerprint density at radius 2 is 1.83 bits per heavy atom. The van der Waals surface area contributed by atoms with Gasteiger partial charge in [0.05, 0.1) is 18.0 Å². The Morgan fingerprint density at radius 1 is 1.08 bits per heavy atom. The summed E-state index contributed by atoms with van der Waals surface area (Å²) in [5.41, 5.74) is 1.55. The number of para-hydroxylation sites is 1. The molecule has 1 atom stereocenters. The van der Waals surface area contributed by atoms with Crippen molar-refractivity contribution in [2.75, 3.05) is 20.2 Å². The van der Waals surface area contributed by atoms with Gasteiger partial charge in [0.2, 0.25) is 15.9 Å². The molecule has 2 aromatic rings. The average molecular weight is 513 g/mol. The van der Waals surface area contributed by atoms with Gasteiger partial charge in [0.15, 0.2) is 0 Å². The number of amides is 1. The number of ether oxygens (including phenoxy) is 2. The van der Waals surface area contributed by atoms with Gasteiger partial charge in [-0.2, -0.15) is 4.31 Å². The molecule has 2 aliphatic heterocycles. The SMILES string of the molecule is COc1ccc(S(=O)(=O)N2CCCC2)cc1CCC(=O)NC1CC2(CCCCC2)Oc2ccccc21. The monoisotopic (exact) mass is 512 g/mol. The number of benzene rings is 2. The first-order chi connectivity index (χ1) is 17.4. The fourth-order valence-electron chi connectivity index (χ4n) is 5.95. The summed E-state index contributed by atoms with van der Waals surface area (Å²) in [5.74, 6) is 1.41. The highest BCUT2D eigenvalue weighted by molar-refractivity contribution is 7.89. The van der Waals surface area contributed by atoms with Gasteiger partial charge in [-0.25, -0.2) is 8.42 Å². The van der Waals surface area contributed by atoms with Crippen molar-refractivity contribution in [1.29, 1.82) is 0 Å². The number of hydrogen-bond acceptors (Lipinski definition) is 5. The summed E-state index contributed by atoms with van der Waals surface area (Å²) >= 11 is 0. The number of carbonyl (C=O) groups excluding carboxylic acids is 1. The number of nitrogens with one attached hydrogen (secondary N) is 1. The van der Waals surface area contributed by atoms with Crippen LogP contribution in [0.25, 0.3) is 0 Å². The number of rotatable bonds is 7. The van der Waals surface area contributed by atoms with Crippen LogP contribution < -0.4 is 14.8 Å². The van der Waals surface area contributed by atoms with E-state index in [0.29, 0.717) is 25.3 Å². The first-order valence-electron chi connectivity index (χ1n) is 13.1. The average Bonchev–Trinajstić information content (AvgIpc) is 3.44. The Hall–Kier alpha value is -2.58. The zero-order valence-corrected chi connectivity index (χ0v) is 21.8. The quantitative estimate of drug-likeness (QED) is 0.579. The summed E-state index contributed by atoms with van der Waals surface area (Å²) in [6.07, 6.45) is 8.77. The van der Waals surface area contributed by atoms with Crippen LogP contribution in [0.3, 0.4) is 0 Å². The molecule has 8 heteroatoms. The van der Waals surface area contributed by atoms with E-state index in [1.54, 1.807) is 25.3 Å². The normalized spacial score (nSPS) is 21.5. The molecular formula is C28H36N2O5S. The molecule has 1 unspecified atom stereocenters. The van der Waals surface area contributed by atoms with E-state index in [0.717, 1.165) is 61.8 Å². The zero-order chi connectivity index (χ0) is 25.2. The summed E-state index contributed by atoms with van der Waals surface area (Å²) in [5, 5.41) is 3.26. The second-order valence-electron chi connectivity index (χ2n) is 10.3. The Bertz CT molecular complexity index is 1200. The van der Waals surface area contributed by atoms with Crippen LogP contribution in [0, 0.1) is 0 Å². The van der Waals surface area contributed by atoms with Crippen molar-refractivity contribution in [3.05, 3.63) is 53.6 Å². The van der Waals surface area contributed by atoms with Gasteiger partial charge >= 0.3 is 0 Å². The fraction of sp³-hybridized carbons (Fsp3) is 0.536. The minimum atomic E-state index is -3.53. The number of methoxy groups -OCH3 is 1. The van der Waals surface area contributed by atoms with E-state index in [1.165, 1.54) is 10.7 Å². The maximum atomic E-state index is 13.1. The van der Waals surface area contributed by atoms with Crippen LogP contribution in [0.1, 0.15) is 75.0 Å². The Kier molecular flexibility index (Phi) is 7.26. The summed E-state index contributed by atoms with van der Waals surface area (Å²) in [7, 11) is -1.97. The molecule has 1 N–H and O–H groups in total. The lowest BCUT2D eigenvalue weighted by atomic mass is 9.77. The number of hydrogen-bond donors (Lipinski definition) is 1. The van der Waals surface area contributed by atoms with E-state index >= 15 is 0 Å². The van der Waals surface area contributed by atoms with Crippen molar-refractivity contribution < 1.29 is 22.7 Å². The molecule has 5 rings (SSSR count). The number of sulfonamides is 1. The third-order valence-corrected chi connectivity index (χ3v) is 9.77. The summed E-state index contributed by atoms with van der Waals surface area (Å²) < 4.78 is 39.6. The fourth-order valence-corrected chi connectivity index (χ4v) is 7.52. The molecular weight excluding hydrogens is 476 g/mol. The second-order valence-corrected chi connectivity index (χ2v) is 12.2. The van der Waals surface area contributed by atoms with Gasteiger partial charge < -0.3 is 14.8 Å². The van der Waals surface area contributed by atoms with Gasteiger partial charge in [-0.1, -0.05) is 24.6 Å². The third-order valence-electron chi connectivity index (χ3n) is 7.87. The van der Waals surface area contributed by atoms with Crippen LogP contribution in [0.15, 0.2) is 47.4 Å². The lowest BCUT2D eigenvalue weighted by Crippen LogP contribution is -2.46. The van der Waals surface area contributed by atoms with Crippen LogP contribution in [0.4, 0.5) is 0 Å². The van der Waals surface area contributed by atoms with Crippen molar-refractivity contribution in [2.45, 2.75) is 80.7 Å². The largest absolute Gasteiger partial charge is 0.496 e. The van der Waals surface area contributed by atoms with Crippen molar-refractivity contribution in [3.63, 3.8) is 0 Å². The predicted octanol–water partition coefficient (Wildman–Crippen LogP) is 4.76. The Morgan fingerprint density at radius 3 is 2.58 bits per heavy atom. The van der Waals surface area contributed by atoms with Crippen molar-refractivity contribution in [1.82, 2.24) is 9.62 Å². The van der Waals surface area contributed by atoms with Crippen LogP contribution in [-0.2, 0) is 21.2 Å². The van der Waals surface area contributed by atoms with Gasteiger partial charge in [-0.15, -0.1) is 0 Å². The maximum Gasteiger partial charge on any atom is 0.243 e. The standard InChI is InChI=1S/C28H36N2O5S/c1-34-25-13-12-22(36(32,33)30-17-7-8-18-30)19-21(25)11-14-27(31)29-24-20-28(15-5-2-6-16-28)35-26-10-4-3-9-23(24)26/h3-4,9-10,12-13,19,24H,2,5-8,11,14-18,20H2,1H3,(H,29,31). The Balaban J connectivity index is 1.30. The molecule has 1 spiro atoms. The van der Waals surface area contributed by atoms with Crippen LogP contribution in [0.2, 0.25) is 0 Å². The van der Waals surface area contributed by atoms with Gasteiger partial charge in [-0.05, 0) is 74.8 Å². The molecule has 2 heterocycles. The molecule has 1 aliphatic carbocycles. The molecule has 0 radical (unpaired) electrons. The first kappa shape index (κ1) is 25.1.